The molecule has 1 aromatic carbocycles. The second kappa shape index (κ2) is 12.0. The number of nitrogens with zero attached hydrogens (tertiary/aromatic N) is 2. The smallest absolute Gasteiger partial charge is 0.429 e. The highest BCUT2D eigenvalue weighted by Crippen LogP contribution is 2.23. The molecule has 1 aromatic rings. The van der Waals surface area contributed by atoms with Crippen LogP contribution in [-0.4, -0.2) is 79.3 Å². The van der Waals surface area contributed by atoms with E-state index in [0.717, 1.165) is 50.0 Å². The maximum atomic E-state index is 11.8. The molecule has 2 aliphatic rings. The summed E-state index contributed by atoms with van der Waals surface area (Å²) in [4.78, 5) is 40.9. The number of likely N-dealkylation sites (tertiary alicyclic amines) is 2. The lowest BCUT2D eigenvalue weighted by Gasteiger charge is -2.36. The van der Waals surface area contributed by atoms with Gasteiger partial charge in [-0.05, 0) is 50.9 Å². The number of carbonyl (C=O) groups excluding carboxylic acids is 2. The van der Waals surface area contributed by atoms with Crippen LogP contribution in [0.3, 0.4) is 0 Å². The Balaban J connectivity index is 1.43. The van der Waals surface area contributed by atoms with Crippen molar-refractivity contribution in [3.63, 3.8) is 0 Å². The van der Waals surface area contributed by atoms with Gasteiger partial charge in [-0.2, -0.15) is 10.1 Å². The average molecular weight is 453 g/mol. The number of likely N-dealkylation sites (N-methyl/N-ethyl adjacent to an activating group) is 1. The van der Waals surface area contributed by atoms with E-state index in [1.54, 1.807) is 0 Å². The lowest BCUT2D eigenvalue weighted by molar-refractivity contribution is -0.267. The zero-order chi connectivity index (χ0) is 22.9. The van der Waals surface area contributed by atoms with Crippen molar-refractivity contribution < 1.29 is 39.0 Å². The standard InChI is InChI=1S/C22H32N2O8/c1-23-9-6-19(7-10-23)29-22(26)32-28-15-17-5-3-4-16(12-17)13-18-14-20(8-11-24(18)2)30-21(25)31-27/h3-5,12,18-20,27H,6-11,13-15H2,1-2H3. The second-order valence-electron chi connectivity index (χ2n) is 8.48. The van der Waals surface area contributed by atoms with Crippen molar-refractivity contribution in [2.75, 3.05) is 33.7 Å². The van der Waals surface area contributed by atoms with E-state index in [9.17, 15) is 9.59 Å². The molecule has 0 aliphatic carbocycles. The number of ether oxygens (including phenoxy) is 2. The topological polar surface area (TPSA) is 107 Å². The van der Waals surface area contributed by atoms with Crippen LogP contribution < -0.4 is 0 Å². The number of hydrogen-bond acceptors (Lipinski definition) is 10. The Hall–Kier alpha value is -2.40. The number of piperidine rings is 2. The van der Waals surface area contributed by atoms with Crippen LogP contribution in [-0.2, 0) is 37.2 Å². The van der Waals surface area contributed by atoms with Crippen LogP contribution >= 0.6 is 0 Å². The fraction of sp³-hybridized carbons (Fsp3) is 0.636. The molecule has 10 heteroatoms. The Bertz CT molecular complexity index is 753. The molecule has 2 fully saturated rings. The third-order valence-corrected chi connectivity index (χ3v) is 6.04. The summed E-state index contributed by atoms with van der Waals surface area (Å²) < 4.78 is 10.4. The highest BCUT2D eigenvalue weighted by molar-refractivity contribution is 5.59. The summed E-state index contributed by atoms with van der Waals surface area (Å²) in [6, 6.07) is 7.98. The molecule has 32 heavy (non-hydrogen) atoms. The van der Waals surface area contributed by atoms with Gasteiger partial charge in [-0.3, -0.25) is 9.78 Å². The maximum Gasteiger partial charge on any atom is 0.540 e. The quantitative estimate of drug-likeness (QED) is 0.377. The van der Waals surface area contributed by atoms with E-state index in [1.165, 1.54) is 0 Å². The molecule has 2 atom stereocenters. The molecule has 178 valence electrons. The third kappa shape index (κ3) is 7.63. The summed E-state index contributed by atoms with van der Waals surface area (Å²) in [6.45, 7) is 2.66. The molecule has 0 saturated carbocycles. The molecule has 0 radical (unpaired) electrons. The van der Waals surface area contributed by atoms with Gasteiger partial charge in [0, 0.05) is 32.1 Å². The zero-order valence-corrected chi connectivity index (χ0v) is 18.6. The van der Waals surface area contributed by atoms with Crippen LogP contribution in [0.5, 0.6) is 0 Å². The van der Waals surface area contributed by atoms with Gasteiger partial charge in [-0.1, -0.05) is 24.3 Å². The lowest BCUT2D eigenvalue weighted by Crippen LogP contribution is -2.44. The van der Waals surface area contributed by atoms with Crippen LogP contribution in [0, 0.1) is 0 Å². The zero-order valence-electron chi connectivity index (χ0n) is 18.6. The van der Waals surface area contributed by atoms with Crippen LogP contribution in [0.15, 0.2) is 24.3 Å². The number of benzene rings is 1. The van der Waals surface area contributed by atoms with Gasteiger partial charge in [0.15, 0.2) is 0 Å². The summed E-state index contributed by atoms with van der Waals surface area (Å²) in [5.41, 5.74) is 1.95. The highest BCUT2D eigenvalue weighted by Gasteiger charge is 2.29. The third-order valence-electron chi connectivity index (χ3n) is 6.04. The minimum Gasteiger partial charge on any atom is -0.429 e. The summed E-state index contributed by atoms with van der Waals surface area (Å²) >= 11 is 0. The van der Waals surface area contributed by atoms with Crippen LogP contribution in [0.25, 0.3) is 0 Å². The van der Waals surface area contributed by atoms with E-state index in [4.69, 9.17) is 24.5 Å². The van der Waals surface area contributed by atoms with Crippen molar-refractivity contribution in [3.8, 4) is 0 Å². The van der Waals surface area contributed by atoms with E-state index >= 15 is 0 Å². The highest BCUT2D eigenvalue weighted by atomic mass is 17.2. The Morgan fingerprint density at radius 1 is 1.00 bits per heavy atom. The van der Waals surface area contributed by atoms with Crippen molar-refractivity contribution >= 4 is 12.3 Å². The van der Waals surface area contributed by atoms with Gasteiger partial charge in [0.25, 0.3) is 0 Å². The fourth-order valence-electron chi connectivity index (χ4n) is 4.16. The molecule has 0 amide bonds. The summed E-state index contributed by atoms with van der Waals surface area (Å²) in [5, 5.41) is 8.41. The van der Waals surface area contributed by atoms with Crippen molar-refractivity contribution in [3.05, 3.63) is 35.4 Å². The Labute approximate surface area is 187 Å². The van der Waals surface area contributed by atoms with Gasteiger partial charge in [0.1, 0.15) is 18.8 Å². The van der Waals surface area contributed by atoms with Crippen molar-refractivity contribution in [1.29, 1.82) is 0 Å². The molecule has 0 aromatic heterocycles. The van der Waals surface area contributed by atoms with E-state index in [0.29, 0.717) is 12.8 Å². The molecule has 2 saturated heterocycles. The molecule has 2 aliphatic heterocycles. The van der Waals surface area contributed by atoms with Gasteiger partial charge < -0.3 is 19.3 Å². The molecule has 2 unspecified atom stereocenters. The summed E-state index contributed by atoms with van der Waals surface area (Å²) in [7, 11) is 4.07. The largest absolute Gasteiger partial charge is 0.540 e. The molecular weight excluding hydrogens is 420 g/mol. The van der Waals surface area contributed by atoms with E-state index in [1.807, 2.05) is 38.4 Å². The minimum atomic E-state index is -1.08. The lowest BCUT2D eigenvalue weighted by atomic mass is 9.93. The monoisotopic (exact) mass is 452 g/mol. The van der Waals surface area contributed by atoms with Crippen LogP contribution in [0.2, 0.25) is 0 Å². The normalized spacial score (nSPS) is 22.8. The van der Waals surface area contributed by atoms with Gasteiger partial charge in [0.2, 0.25) is 0 Å². The van der Waals surface area contributed by atoms with Crippen LogP contribution in [0.1, 0.15) is 36.8 Å². The minimum absolute atomic E-state index is 0.116. The van der Waals surface area contributed by atoms with Gasteiger partial charge in [0.05, 0.1) is 0 Å². The molecule has 0 spiro atoms. The number of hydrogen-bond donors (Lipinski definition) is 1. The molecule has 2 heterocycles. The van der Waals surface area contributed by atoms with Gasteiger partial charge in [-0.25, -0.2) is 9.59 Å². The summed E-state index contributed by atoms with van der Waals surface area (Å²) in [5.74, 6) is 0. The van der Waals surface area contributed by atoms with E-state index in [-0.39, 0.29) is 24.9 Å². The first kappa shape index (κ1) is 24.2. The number of rotatable bonds is 7. The predicted molar refractivity (Wildman–Crippen MR) is 113 cm³/mol. The van der Waals surface area contributed by atoms with Crippen molar-refractivity contribution in [2.24, 2.45) is 0 Å². The molecule has 10 nitrogen and oxygen atoms in total. The maximum absolute atomic E-state index is 11.8. The Morgan fingerprint density at radius 3 is 2.44 bits per heavy atom. The number of carbonyl (C=O) groups is 2. The second-order valence-corrected chi connectivity index (χ2v) is 8.48. The fourth-order valence-corrected chi connectivity index (χ4v) is 4.16. The van der Waals surface area contributed by atoms with Crippen molar-refractivity contribution in [2.45, 2.75) is 57.0 Å². The summed E-state index contributed by atoms with van der Waals surface area (Å²) in [6.07, 6.45) is 1.32. The van der Waals surface area contributed by atoms with Gasteiger partial charge >= 0.3 is 12.3 Å². The van der Waals surface area contributed by atoms with Crippen molar-refractivity contribution in [1.82, 2.24) is 9.80 Å². The first-order chi connectivity index (χ1) is 15.4. The van der Waals surface area contributed by atoms with Crippen LogP contribution in [0.4, 0.5) is 9.59 Å². The Kier molecular flexibility index (Phi) is 9.10. The SMILES string of the molecule is CN1CCC(OC(=O)OOCc2cccc(CC3CC(OC(=O)OO)CCN3C)c2)CC1. The molecule has 0 bridgehead atoms. The predicted octanol–water partition coefficient (Wildman–Crippen LogP) is 3.00. The van der Waals surface area contributed by atoms with E-state index < -0.39 is 12.3 Å². The molecule has 1 N–H and O–H groups in total. The van der Waals surface area contributed by atoms with Gasteiger partial charge in [-0.15, -0.1) is 0 Å². The average Bonchev–Trinajstić information content (AvgIpc) is 2.78. The Morgan fingerprint density at radius 2 is 1.69 bits per heavy atom. The van der Waals surface area contributed by atoms with E-state index in [2.05, 4.69) is 14.7 Å². The first-order valence-electron chi connectivity index (χ1n) is 10.9. The molecular formula is C22H32N2O8. The molecule has 3 rings (SSSR count). The first-order valence-corrected chi connectivity index (χ1v) is 10.9.